The molecule has 1 aromatic heterocycles. The van der Waals surface area contributed by atoms with Crippen LogP contribution in [0.3, 0.4) is 0 Å². The van der Waals surface area contributed by atoms with E-state index in [2.05, 4.69) is 43.3 Å². The molecular formula is C41H57BN4O7S. The first-order chi connectivity index (χ1) is 25.4. The zero-order valence-corrected chi connectivity index (χ0v) is 34.0. The van der Waals surface area contributed by atoms with E-state index in [1.807, 2.05) is 76.5 Å². The van der Waals surface area contributed by atoms with Crippen molar-refractivity contribution < 1.29 is 33.5 Å². The van der Waals surface area contributed by atoms with Gasteiger partial charge >= 0.3 is 7.12 Å². The molecule has 13 heteroatoms. The second-order valence-corrected chi connectivity index (χ2v) is 17.8. The zero-order chi connectivity index (χ0) is 39.4. The topological polar surface area (TPSA) is 139 Å². The number of rotatable bonds is 10. The maximum Gasteiger partial charge on any atom is 0.494 e. The molecule has 2 fully saturated rings. The summed E-state index contributed by atoms with van der Waals surface area (Å²) in [5.41, 5.74) is 4.46. The monoisotopic (exact) mass is 760 g/mol. The largest absolute Gasteiger partial charge is 0.494 e. The van der Waals surface area contributed by atoms with Crippen LogP contribution in [0.5, 0.6) is 5.75 Å². The minimum absolute atomic E-state index is 0.0113. The maximum atomic E-state index is 14.1. The number of ether oxygens (including phenoxy) is 1. The normalized spacial score (nSPS) is 21.3. The first kappa shape index (κ1) is 41.4. The van der Waals surface area contributed by atoms with Gasteiger partial charge in [-0.25, -0.2) is 4.98 Å². The Balaban J connectivity index is 1.19. The van der Waals surface area contributed by atoms with Gasteiger partial charge in [0.05, 0.1) is 33.8 Å². The zero-order valence-electron chi connectivity index (χ0n) is 33.2. The van der Waals surface area contributed by atoms with Crippen LogP contribution >= 0.6 is 11.3 Å². The smallest absolute Gasteiger partial charge is 0.484 e. The fourth-order valence-electron chi connectivity index (χ4n) is 6.87. The van der Waals surface area contributed by atoms with Crippen molar-refractivity contribution in [3.8, 4) is 16.2 Å². The van der Waals surface area contributed by atoms with Gasteiger partial charge in [-0.2, -0.15) is 0 Å². The van der Waals surface area contributed by atoms with E-state index >= 15 is 0 Å². The highest BCUT2D eigenvalue weighted by Crippen LogP contribution is 2.39. The van der Waals surface area contributed by atoms with Gasteiger partial charge in [-0.15, -0.1) is 11.3 Å². The van der Waals surface area contributed by atoms with Crippen LogP contribution in [-0.2, 0) is 23.7 Å². The van der Waals surface area contributed by atoms with E-state index in [4.69, 9.17) is 14.0 Å². The molecule has 2 aromatic carbocycles. The van der Waals surface area contributed by atoms with Crippen molar-refractivity contribution in [2.45, 2.75) is 118 Å². The van der Waals surface area contributed by atoms with Crippen molar-refractivity contribution >= 4 is 41.6 Å². The predicted octanol–water partition coefficient (Wildman–Crippen LogP) is 5.58. The quantitative estimate of drug-likeness (QED) is 0.228. The number of likely N-dealkylation sites (tertiary alicyclic amines) is 1. The SMILES string of the molecule is Cc1ncsc1-c1ccc([C@H](C)NC(=O)[C@@H]2C[C@@H](O)CN2C(=O)[C@@H](NC(=O)COc2ccc(B3OCCCCC(C)(C)C(C)(C)O3)cc2)C(C)(C)C)cc1. The van der Waals surface area contributed by atoms with Crippen LogP contribution in [0.1, 0.15) is 98.4 Å². The minimum Gasteiger partial charge on any atom is -0.484 e. The summed E-state index contributed by atoms with van der Waals surface area (Å²) >= 11 is 1.58. The molecule has 3 amide bonds. The van der Waals surface area contributed by atoms with E-state index in [0.29, 0.717) is 12.4 Å². The third-order valence-corrected chi connectivity index (χ3v) is 12.1. The second-order valence-electron chi connectivity index (χ2n) is 16.9. The number of β-amino-alcohol motifs (C(OH)–C–C–N with tert-alkyl or cyclic N) is 1. The van der Waals surface area contributed by atoms with Gasteiger partial charge in [0.25, 0.3) is 5.91 Å². The number of amides is 3. The summed E-state index contributed by atoms with van der Waals surface area (Å²) in [6.07, 6.45) is 2.31. The Bertz CT molecular complexity index is 1760. The fourth-order valence-corrected chi connectivity index (χ4v) is 7.69. The first-order valence-corrected chi connectivity index (χ1v) is 19.8. The molecule has 0 aliphatic carbocycles. The Morgan fingerprint density at radius 3 is 2.37 bits per heavy atom. The highest BCUT2D eigenvalue weighted by molar-refractivity contribution is 7.13. The maximum absolute atomic E-state index is 14.1. The number of carbonyl (C=O) groups is 3. The van der Waals surface area contributed by atoms with E-state index in [-0.39, 0.29) is 36.9 Å². The van der Waals surface area contributed by atoms with Gasteiger partial charge in [0.1, 0.15) is 17.8 Å². The Morgan fingerprint density at radius 1 is 1.06 bits per heavy atom. The molecule has 54 heavy (non-hydrogen) atoms. The minimum atomic E-state index is -0.970. The molecular weight excluding hydrogens is 703 g/mol. The molecule has 5 rings (SSSR count). The van der Waals surface area contributed by atoms with E-state index in [1.54, 1.807) is 23.5 Å². The van der Waals surface area contributed by atoms with E-state index < -0.39 is 48.1 Å². The summed E-state index contributed by atoms with van der Waals surface area (Å²) in [4.78, 5) is 47.8. The van der Waals surface area contributed by atoms with Crippen molar-refractivity contribution in [1.82, 2.24) is 20.5 Å². The molecule has 3 N–H and O–H groups in total. The lowest BCUT2D eigenvalue weighted by Gasteiger charge is -2.42. The lowest BCUT2D eigenvalue weighted by Crippen LogP contribution is -2.58. The Morgan fingerprint density at radius 2 is 1.74 bits per heavy atom. The summed E-state index contributed by atoms with van der Waals surface area (Å²) < 4.78 is 18.5. The first-order valence-electron chi connectivity index (χ1n) is 19.0. The number of nitrogens with zero attached hydrogens (tertiary/aromatic N) is 2. The summed E-state index contributed by atoms with van der Waals surface area (Å²) in [7, 11) is -0.531. The molecule has 11 nitrogen and oxygen atoms in total. The van der Waals surface area contributed by atoms with E-state index in [1.165, 1.54) is 4.90 Å². The number of nitrogens with one attached hydrogen (secondary N) is 2. The number of aliphatic hydroxyl groups excluding tert-OH is 1. The van der Waals surface area contributed by atoms with Crippen LogP contribution in [0.4, 0.5) is 0 Å². The Labute approximate surface area is 324 Å². The summed E-state index contributed by atoms with van der Waals surface area (Å²) in [6, 6.07) is 13.1. The van der Waals surface area contributed by atoms with Gasteiger partial charge in [0, 0.05) is 19.6 Å². The number of benzene rings is 2. The number of carbonyl (C=O) groups excluding carboxylic acids is 3. The average Bonchev–Trinajstić information content (AvgIpc) is 3.74. The average molecular weight is 761 g/mol. The summed E-state index contributed by atoms with van der Waals surface area (Å²) in [6.45, 7) is 18.3. The molecule has 3 aromatic rings. The molecule has 0 radical (unpaired) electrons. The highest BCUT2D eigenvalue weighted by atomic mass is 32.1. The molecule has 4 atom stereocenters. The molecule has 2 aliphatic heterocycles. The molecule has 2 saturated heterocycles. The second kappa shape index (κ2) is 16.9. The summed E-state index contributed by atoms with van der Waals surface area (Å²) in [5, 5.41) is 16.5. The van der Waals surface area contributed by atoms with Crippen LogP contribution in [0.15, 0.2) is 54.0 Å². The van der Waals surface area contributed by atoms with Gasteiger partial charge in [0.15, 0.2) is 6.61 Å². The highest BCUT2D eigenvalue weighted by Gasteiger charge is 2.45. The van der Waals surface area contributed by atoms with Crippen molar-refractivity contribution in [1.29, 1.82) is 0 Å². The van der Waals surface area contributed by atoms with Crippen molar-refractivity contribution in [3.05, 3.63) is 65.3 Å². The number of aliphatic hydroxyl groups is 1. The molecule has 0 bridgehead atoms. The third-order valence-electron chi connectivity index (χ3n) is 11.1. The van der Waals surface area contributed by atoms with Gasteiger partial charge in [-0.3, -0.25) is 14.4 Å². The van der Waals surface area contributed by atoms with Gasteiger partial charge < -0.3 is 34.7 Å². The molecule has 292 valence electrons. The molecule has 0 saturated carbocycles. The van der Waals surface area contributed by atoms with Crippen LogP contribution in [-0.4, -0.2) is 83.4 Å². The van der Waals surface area contributed by atoms with Crippen LogP contribution < -0.4 is 20.8 Å². The van der Waals surface area contributed by atoms with Gasteiger partial charge in [0.2, 0.25) is 11.8 Å². The van der Waals surface area contributed by atoms with E-state index in [9.17, 15) is 19.5 Å². The Kier molecular flexibility index (Phi) is 13.0. The number of aryl methyl sites for hydroxylation is 1. The lowest BCUT2D eigenvalue weighted by molar-refractivity contribution is -0.144. The van der Waals surface area contributed by atoms with Crippen LogP contribution in [0.25, 0.3) is 10.4 Å². The fraction of sp³-hybridized carbons (Fsp3) is 0.561. The number of hydrogen-bond acceptors (Lipinski definition) is 9. The number of hydrogen-bond donors (Lipinski definition) is 3. The molecule has 2 aliphatic rings. The molecule has 3 heterocycles. The standard InChI is InChI=1S/C41H57BN4O7S/c1-26(28-12-14-29(15-13-28)35-27(2)43-25-54-35)44-37(49)33-22-31(47)23-46(33)38(50)36(39(3,4)5)45-34(48)24-51-32-18-16-30(17-19-32)42-52-21-11-10-20-40(6,7)41(8,9)53-42/h12-19,25-26,31,33,36,47H,10-11,20-24H2,1-9H3,(H,44,49)(H,45,48)/t26-,31+,33-,36+/m0/s1. The van der Waals surface area contributed by atoms with Crippen molar-refractivity contribution in [2.75, 3.05) is 19.8 Å². The molecule has 0 unspecified atom stereocenters. The Hall–Kier alpha value is -3.78. The molecule has 0 spiro atoms. The van der Waals surface area contributed by atoms with Crippen LogP contribution in [0, 0.1) is 17.8 Å². The number of aromatic nitrogens is 1. The predicted molar refractivity (Wildman–Crippen MR) is 212 cm³/mol. The lowest BCUT2D eigenvalue weighted by atomic mass is 9.70. The third kappa shape index (κ3) is 9.90. The number of thiazole rings is 1. The van der Waals surface area contributed by atoms with Crippen molar-refractivity contribution in [2.24, 2.45) is 10.8 Å². The van der Waals surface area contributed by atoms with Gasteiger partial charge in [-0.05, 0) is 80.1 Å². The van der Waals surface area contributed by atoms with Crippen LogP contribution in [0.2, 0.25) is 0 Å². The summed E-state index contributed by atoms with van der Waals surface area (Å²) in [5.74, 6) is -0.795. The van der Waals surface area contributed by atoms with Gasteiger partial charge in [-0.1, -0.05) is 77.4 Å². The van der Waals surface area contributed by atoms with Crippen molar-refractivity contribution in [3.63, 3.8) is 0 Å². The van der Waals surface area contributed by atoms with E-state index in [0.717, 1.165) is 46.4 Å².